The highest BCUT2D eigenvalue weighted by molar-refractivity contribution is 7.99. The number of thioether (sulfide) groups is 1. The molecule has 0 bridgehead atoms. The Labute approximate surface area is 165 Å². The molecule has 0 fully saturated rings. The van der Waals surface area contributed by atoms with Gasteiger partial charge < -0.3 is 5.32 Å². The lowest BCUT2D eigenvalue weighted by atomic mass is 10.1. The molecular formula is C19H18FN5O2S. The average Bonchev–Trinajstić information content (AvgIpc) is 3.15. The minimum atomic E-state index is -0.390. The Morgan fingerprint density at radius 3 is 2.68 bits per heavy atom. The first kappa shape index (κ1) is 19.7. The highest BCUT2D eigenvalue weighted by Gasteiger charge is 2.13. The zero-order valence-corrected chi connectivity index (χ0v) is 15.9. The summed E-state index contributed by atoms with van der Waals surface area (Å²) in [5.41, 5.74) is 2.11. The molecule has 0 aliphatic rings. The predicted molar refractivity (Wildman–Crippen MR) is 103 cm³/mol. The third-order valence-corrected chi connectivity index (χ3v) is 4.81. The van der Waals surface area contributed by atoms with Gasteiger partial charge >= 0.3 is 0 Å². The molecule has 0 aliphatic heterocycles. The van der Waals surface area contributed by atoms with E-state index in [1.54, 1.807) is 24.3 Å². The Bertz CT molecular complexity index is 974. The normalized spacial score (nSPS) is 10.6. The highest BCUT2D eigenvalue weighted by atomic mass is 32.2. The Hall–Kier alpha value is -3.07. The van der Waals surface area contributed by atoms with Crippen LogP contribution in [-0.2, 0) is 11.2 Å². The molecule has 0 aliphatic carbocycles. The molecule has 28 heavy (non-hydrogen) atoms. The number of carbonyl (C=O) groups excluding carboxylic acids is 2. The Morgan fingerprint density at radius 1 is 1.18 bits per heavy atom. The number of ketones is 1. The summed E-state index contributed by atoms with van der Waals surface area (Å²) in [4.78, 5) is 23.3. The van der Waals surface area contributed by atoms with E-state index in [4.69, 9.17) is 0 Å². The smallest absolute Gasteiger partial charge is 0.216 e. The molecule has 1 N–H and O–H groups in total. The molecule has 1 amide bonds. The SMILES string of the molecule is CC(=O)NCCc1ccc(C(=O)CSc2nnnn2-c2cccc(F)c2)cc1. The van der Waals surface area contributed by atoms with Crippen LogP contribution in [0.4, 0.5) is 4.39 Å². The number of hydrogen-bond donors (Lipinski definition) is 1. The van der Waals surface area contributed by atoms with Gasteiger partial charge in [-0.05, 0) is 40.6 Å². The van der Waals surface area contributed by atoms with Crippen molar-refractivity contribution in [2.45, 2.75) is 18.5 Å². The van der Waals surface area contributed by atoms with E-state index >= 15 is 0 Å². The molecule has 0 radical (unpaired) electrons. The summed E-state index contributed by atoms with van der Waals surface area (Å²) in [6.07, 6.45) is 0.700. The van der Waals surface area contributed by atoms with Gasteiger partial charge in [0.05, 0.1) is 11.4 Å². The lowest BCUT2D eigenvalue weighted by Gasteiger charge is -2.06. The van der Waals surface area contributed by atoms with Crippen molar-refractivity contribution in [1.29, 1.82) is 0 Å². The van der Waals surface area contributed by atoms with Gasteiger partial charge in [0.25, 0.3) is 0 Å². The van der Waals surface area contributed by atoms with E-state index in [2.05, 4.69) is 20.8 Å². The molecule has 0 saturated heterocycles. The molecule has 144 valence electrons. The van der Waals surface area contributed by atoms with Crippen LogP contribution < -0.4 is 5.32 Å². The molecule has 9 heteroatoms. The summed E-state index contributed by atoms with van der Waals surface area (Å²) in [6.45, 7) is 2.03. The van der Waals surface area contributed by atoms with Crippen LogP contribution in [0.3, 0.4) is 0 Å². The number of tetrazole rings is 1. The van der Waals surface area contributed by atoms with Crippen LogP contribution >= 0.6 is 11.8 Å². The predicted octanol–water partition coefficient (Wildman–Crippen LogP) is 2.46. The molecule has 1 aromatic heterocycles. The fourth-order valence-corrected chi connectivity index (χ4v) is 3.28. The lowest BCUT2D eigenvalue weighted by Crippen LogP contribution is -2.22. The topological polar surface area (TPSA) is 89.8 Å². The second-order valence-electron chi connectivity index (χ2n) is 5.99. The van der Waals surface area contributed by atoms with Crippen molar-refractivity contribution in [1.82, 2.24) is 25.5 Å². The third kappa shape index (κ3) is 5.23. The number of rotatable bonds is 8. The van der Waals surface area contributed by atoms with E-state index in [1.807, 2.05) is 12.1 Å². The number of amides is 1. The van der Waals surface area contributed by atoms with Gasteiger partial charge in [0, 0.05) is 19.0 Å². The van der Waals surface area contributed by atoms with Crippen molar-refractivity contribution < 1.29 is 14.0 Å². The molecule has 0 saturated carbocycles. The molecule has 3 rings (SSSR count). The first-order chi connectivity index (χ1) is 13.5. The van der Waals surface area contributed by atoms with Gasteiger partial charge in [0.15, 0.2) is 5.78 Å². The van der Waals surface area contributed by atoms with Crippen molar-refractivity contribution in [3.05, 3.63) is 65.5 Å². The van der Waals surface area contributed by atoms with Crippen LogP contribution in [0.1, 0.15) is 22.8 Å². The minimum absolute atomic E-state index is 0.0628. The van der Waals surface area contributed by atoms with Crippen molar-refractivity contribution in [2.75, 3.05) is 12.3 Å². The third-order valence-electron chi connectivity index (χ3n) is 3.89. The summed E-state index contributed by atoms with van der Waals surface area (Å²) in [7, 11) is 0. The number of nitrogens with zero attached hydrogens (tertiary/aromatic N) is 4. The Morgan fingerprint density at radius 2 is 1.96 bits per heavy atom. The van der Waals surface area contributed by atoms with Gasteiger partial charge in [0.1, 0.15) is 5.82 Å². The van der Waals surface area contributed by atoms with Crippen LogP contribution in [0.25, 0.3) is 5.69 Å². The summed E-state index contributed by atoms with van der Waals surface area (Å²) in [6, 6.07) is 13.2. The molecule has 0 unspecified atom stereocenters. The van der Waals surface area contributed by atoms with Crippen LogP contribution in [0.15, 0.2) is 53.7 Å². The van der Waals surface area contributed by atoms with Crippen molar-refractivity contribution in [2.24, 2.45) is 0 Å². The second-order valence-corrected chi connectivity index (χ2v) is 6.94. The van der Waals surface area contributed by atoms with E-state index in [0.29, 0.717) is 29.4 Å². The average molecular weight is 399 g/mol. The second kappa shape index (κ2) is 9.23. The number of halogens is 1. The summed E-state index contributed by atoms with van der Waals surface area (Å²) in [5.74, 6) is -0.365. The van der Waals surface area contributed by atoms with Crippen LogP contribution in [0.5, 0.6) is 0 Å². The number of nitrogens with one attached hydrogen (secondary N) is 1. The fraction of sp³-hybridized carbons (Fsp3) is 0.211. The van der Waals surface area contributed by atoms with Gasteiger partial charge in [-0.2, -0.15) is 4.68 Å². The van der Waals surface area contributed by atoms with Crippen LogP contribution in [0.2, 0.25) is 0 Å². The van der Waals surface area contributed by atoms with Gasteiger partial charge in [-0.15, -0.1) is 5.10 Å². The van der Waals surface area contributed by atoms with Gasteiger partial charge in [-0.25, -0.2) is 4.39 Å². The standard InChI is InChI=1S/C19H18FN5O2S/c1-13(26)21-10-9-14-5-7-15(8-6-14)18(27)12-28-19-22-23-24-25(19)17-4-2-3-16(20)11-17/h2-8,11H,9-10,12H2,1H3,(H,21,26). The van der Waals surface area contributed by atoms with Gasteiger partial charge in [0.2, 0.25) is 11.1 Å². The van der Waals surface area contributed by atoms with E-state index in [1.165, 1.54) is 35.5 Å². The van der Waals surface area contributed by atoms with Crippen molar-refractivity contribution >= 4 is 23.5 Å². The zero-order valence-electron chi connectivity index (χ0n) is 15.1. The van der Waals surface area contributed by atoms with E-state index in [-0.39, 0.29) is 17.4 Å². The maximum absolute atomic E-state index is 13.4. The van der Waals surface area contributed by atoms with E-state index < -0.39 is 5.82 Å². The maximum Gasteiger partial charge on any atom is 0.216 e. The number of carbonyl (C=O) groups is 2. The number of Topliss-reactive ketones (excluding diaryl/α,β-unsaturated/α-hetero) is 1. The molecule has 0 atom stereocenters. The number of benzene rings is 2. The first-order valence-electron chi connectivity index (χ1n) is 8.56. The zero-order chi connectivity index (χ0) is 19.9. The van der Waals surface area contributed by atoms with Crippen LogP contribution in [-0.4, -0.2) is 44.2 Å². The van der Waals surface area contributed by atoms with Gasteiger partial charge in [-0.1, -0.05) is 42.1 Å². The molecule has 0 spiro atoms. The molecule has 3 aromatic rings. The Kier molecular flexibility index (Phi) is 6.49. The molecule has 2 aromatic carbocycles. The molecular weight excluding hydrogens is 381 g/mol. The summed E-state index contributed by atoms with van der Waals surface area (Å²) < 4.78 is 14.8. The minimum Gasteiger partial charge on any atom is -0.356 e. The van der Waals surface area contributed by atoms with Gasteiger partial charge in [-0.3, -0.25) is 9.59 Å². The highest BCUT2D eigenvalue weighted by Crippen LogP contribution is 2.20. The monoisotopic (exact) mass is 399 g/mol. The molecule has 1 heterocycles. The first-order valence-corrected chi connectivity index (χ1v) is 9.55. The van der Waals surface area contributed by atoms with Crippen molar-refractivity contribution in [3.63, 3.8) is 0 Å². The number of hydrogen-bond acceptors (Lipinski definition) is 6. The summed E-state index contributed by atoms with van der Waals surface area (Å²) >= 11 is 1.19. The lowest BCUT2D eigenvalue weighted by molar-refractivity contribution is -0.118. The number of aromatic nitrogens is 4. The van der Waals surface area contributed by atoms with E-state index in [9.17, 15) is 14.0 Å². The largest absolute Gasteiger partial charge is 0.356 e. The van der Waals surface area contributed by atoms with Crippen LogP contribution in [0, 0.1) is 5.82 Å². The Balaban J connectivity index is 1.59. The van der Waals surface area contributed by atoms with E-state index in [0.717, 1.165) is 5.56 Å². The molecule has 7 nitrogen and oxygen atoms in total. The summed E-state index contributed by atoms with van der Waals surface area (Å²) in [5, 5.41) is 14.5. The fourth-order valence-electron chi connectivity index (χ4n) is 2.49. The maximum atomic E-state index is 13.4. The van der Waals surface area contributed by atoms with Crippen molar-refractivity contribution in [3.8, 4) is 5.69 Å². The quantitative estimate of drug-likeness (QED) is 0.462.